The zero-order valence-electron chi connectivity index (χ0n) is 6.68. The summed E-state index contributed by atoms with van der Waals surface area (Å²) in [4.78, 5) is 0. The maximum atomic E-state index is 5.58. The summed E-state index contributed by atoms with van der Waals surface area (Å²) < 4.78 is 4.85. The summed E-state index contributed by atoms with van der Waals surface area (Å²) in [5.41, 5.74) is 0.651. The van der Waals surface area contributed by atoms with E-state index in [1.54, 1.807) is 0 Å². The first kappa shape index (κ1) is 11.3. The Morgan fingerprint density at radius 2 is 2.33 bits per heavy atom. The molecule has 0 aromatic carbocycles. The molecule has 0 atom stereocenters. The molecule has 0 spiro atoms. The monoisotopic (exact) mass is 208 g/mol. The Balaban J connectivity index is 4.54. The second-order valence-corrected chi connectivity index (χ2v) is 2.54. The molecule has 3 nitrogen and oxygen atoms in total. The van der Waals surface area contributed by atoms with Crippen molar-refractivity contribution in [1.82, 2.24) is 0 Å². The van der Waals surface area contributed by atoms with Gasteiger partial charge in [0.15, 0.2) is 0 Å². The number of methoxy groups -OCH3 is 1. The minimum absolute atomic E-state index is 0.156. The summed E-state index contributed by atoms with van der Waals surface area (Å²) in [5, 5.41) is 3.40. The first-order valence-corrected chi connectivity index (χ1v) is 4.00. The third kappa shape index (κ3) is 3.64. The highest BCUT2D eigenvalue weighted by molar-refractivity contribution is 6.68. The van der Waals surface area contributed by atoms with Crippen molar-refractivity contribution in [2.75, 3.05) is 13.0 Å². The molecule has 0 amide bonds. The number of rotatable bonds is 4. The van der Waals surface area contributed by atoms with Gasteiger partial charge in [0, 0.05) is 5.57 Å². The lowest BCUT2D eigenvalue weighted by Gasteiger charge is -2.04. The van der Waals surface area contributed by atoms with Crippen LogP contribution < -0.4 is 5.84 Å². The highest BCUT2D eigenvalue weighted by atomic mass is 35.5. The van der Waals surface area contributed by atoms with E-state index in [4.69, 9.17) is 33.8 Å². The number of allylic oxidation sites excluding steroid dienone is 2. The fraction of sp³-hybridized carbons (Fsp3) is 0.286. The first-order chi connectivity index (χ1) is 5.65. The molecule has 68 valence electrons. The van der Waals surface area contributed by atoms with Crippen molar-refractivity contribution in [2.45, 2.75) is 0 Å². The van der Waals surface area contributed by atoms with E-state index in [0.29, 0.717) is 11.3 Å². The minimum Gasteiger partial charge on any atom is -0.497 e. The van der Waals surface area contributed by atoms with E-state index in [9.17, 15) is 0 Å². The number of hydrogen-bond acceptors (Lipinski definition) is 3. The van der Waals surface area contributed by atoms with Crippen LogP contribution in [0.3, 0.4) is 0 Å². The smallest absolute Gasteiger partial charge is 0.149 e. The van der Waals surface area contributed by atoms with Gasteiger partial charge < -0.3 is 10.6 Å². The van der Waals surface area contributed by atoms with Crippen LogP contribution in [0.5, 0.6) is 0 Å². The largest absolute Gasteiger partial charge is 0.497 e. The van der Waals surface area contributed by atoms with Crippen LogP contribution in [0.25, 0.3) is 0 Å². The summed E-state index contributed by atoms with van der Waals surface area (Å²) in [7, 11) is 1.50. The van der Waals surface area contributed by atoms with Gasteiger partial charge in [-0.15, -0.1) is 11.6 Å². The summed E-state index contributed by atoms with van der Waals surface area (Å²) in [6.45, 7) is 3.60. The van der Waals surface area contributed by atoms with E-state index in [-0.39, 0.29) is 11.1 Å². The van der Waals surface area contributed by atoms with Crippen molar-refractivity contribution in [3.63, 3.8) is 0 Å². The normalized spacial score (nSPS) is 12.9. The third-order valence-electron chi connectivity index (χ3n) is 1.17. The molecule has 0 rings (SSSR count). The van der Waals surface area contributed by atoms with Gasteiger partial charge in [0.25, 0.3) is 0 Å². The molecule has 0 aromatic rings. The second-order valence-electron chi connectivity index (χ2n) is 1.88. The Kier molecular flexibility index (Phi) is 5.58. The maximum absolute atomic E-state index is 5.58. The lowest BCUT2D eigenvalue weighted by atomic mass is 10.2. The predicted molar refractivity (Wildman–Crippen MR) is 52.4 cm³/mol. The molecule has 12 heavy (non-hydrogen) atoms. The van der Waals surface area contributed by atoms with Crippen LogP contribution in [-0.4, -0.2) is 18.2 Å². The van der Waals surface area contributed by atoms with E-state index >= 15 is 0 Å². The Bertz CT molecular complexity index is 223. The molecule has 0 fully saturated rings. The van der Waals surface area contributed by atoms with Crippen molar-refractivity contribution in [2.24, 2.45) is 10.9 Å². The number of nitrogens with two attached hydrogens (primary N) is 1. The first-order valence-electron chi connectivity index (χ1n) is 3.08. The molecular formula is C7H10Cl2N2O. The fourth-order valence-corrected chi connectivity index (χ4v) is 0.864. The van der Waals surface area contributed by atoms with Gasteiger partial charge in [-0.25, -0.2) is 0 Å². The van der Waals surface area contributed by atoms with E-state index in [1.165, 1.54) is 13.2 Å². The van der Waals surface area contributed by atoms with E-state index < -0.39 is 0 Å². The van der Waals surface area contributed by atoms with Crippen molar-refractivity contribution < 1.29 is 4.74 Å². The zero-order chi connectivity index (χ0) is 9.56. The summed E-state index contributed by atoms with van der Waals surface area (Å²) in [6, 6.07) is 0. The van der Waals surface area contributed by atoms with E-state index in [2.05, 4.69) is 11.7 Å². The minimum atomic E-state index is 0.156. The van der Waals surface area contributed by atoms with Gasteiger partial charge in [-0.2, -0.15) is 5.10 Å². The molecule has 0 bridgehead atoms. The standard InChI is InChI=1S/C7H10Cl2N2O/c1-5(12-2)6(4-8)3-7(9)11-10/h3H,1,4,10H2,2H3/b6-3-,11-7+. The highest BCUT2D eigenvalue weighted by Crippen LogP contribution is 2.10. The van der Waals surface area contributed by atoms with Crippen LogP contribution in [0.15, 0.2) is 29.1 Å². The molecule has 0 saturated carbocycles. The number of alkyl halides is 1. The van der Waals surface area contributed by atoms with E-state index in [0.717, 1.165) is 0 Å². The van der Waals surface area contributed by atoms with Crippen LogP contribution >= 0.6 is 23.2 Å². The number of nitrogens with zero attached hydrogens (tertiary/aromatic N) is 1. The fourth-order valence-electron chi connectivity index (χ4n) is 0.506. The summed E-state index contributed by atoms with van der Waals surface area (Å²) in [5.74, 6) is 5.61. The van der Waals surface area contributed by atoms with Gasteiger partial charge in [0.2, 0.25) is 0 Å². The van der Waals surface area contributed by atoms with Gasteiger partial charge in [0.1, 0.15) is 10.9 Å². The van der Waals surface area contributed by atoms with Crippen LogP contribution in [0, 0.1) is 0 Å². The van der Waals surface area contributed by atoms with Crippen molar-refractivity contribution in [3.8, 4) is 0 Å². The van der Waals surface area contributed by atoms with Gasteiger partial charge in [-0.3, -0.25) is 0 Å². The molecule has 5 heteroatoms. The molecule has 0 aliphatic heterocycles. The van der Waals surface area contributed by atoms with Gasteiger partial charge in [-0.1, -0.05) is 18.2 Å². The molecule has 0 unspecified atom stereocenters. The molecule has 0 aliphatic rings. The highest BCUT2D eigenvalue weighted by Gasteiger charge is 2.01. The zero-order valence-corrected chi connectivity index (χ0v) is 8.19. The van der Waals surface area contributed by atoms with Gasteiger partial charge in [0.05, 0.1) is 13.0 Å². The number of hydrazone groups is 1. The third-order valence-corrected chi connectivity index (χ3v) is 1.66. The Labute approximate surface area is 81.5 Å². The lowest BCUT2D eigenvalue weighted by molar-refractivity contribution is 0.303. The molecule has 0 heterocycles. The summed E-state index contributed by atoms with van der Waals surface area (Å²) >= 11 is 11.1. The van der Waals surface area contributed by atoms with Crippen LogP contribution in [0.4, 0.5) is 0 Å². The van der Waals surface area contributed by atoms with Crippen LogP contribution in [0.2, 0.25) is 0 Å². The van der Waals surface area contributed by atoms with E-state index in [1.807, 2.05) is 0 Å². The number of hydrogen-bond donors (Lipinski definition) is 1. The average molecular weight is 209 g/mol. The second kappa shape index (κ2) is 5.91. The molecule has 0 saturated heterocycles. The summed E-state index contributed by atoms with van der Waals surface area (Å²) in [6.07, 6.45) is 1.50. The Morgan fingerprint density at radius 1 is 1.75 bits per heavy atom. The molecule has 0 aromatic heterocycles. The lowest BCUT2D eigenvalue weighted by Crippen LogP contribution is -1.97. The quantitative estimate of drug-likeness (QED) is 0.192. The SMILES string of the molecule is C=C(OC)/C(=C\C(Cl)=N/N)CCl. The molecule has 0 aliphatic carbocycles. The van der Waals surface area contributed by atoms with Gasteiger partial charge >= 0.3 is 0 Å². The molecule has 2 N–H and O–H groups in total. The topological polar surface area (TPSA) is 47.6 Å². The Morgan fingerprint density at radius 3 is 2.67 bits per heavy atom. The Hall–Kier alpha value is -0.670. The number of ether oxygens (including phenoxy) is 1. The molecular weight excluding hydrogens is 199 g/mol. The maximum Gasteiger partial charge on any atom is 0.149 e. The van der Waals surface area contributed by atoms with Crippen molar-refractivity contribution in [1.29, 1.82) is 0 Å². The average Bonchev–Trinajstić information content (AvgIpc) is 2.12. The predicted octanol–water partition coefficient (Wildman–Crippen LogP) is 1.82. The van der Waals surface area contributed by atoms with Crippen molar-refractivity contribution in [3.05, 3.63) is 24.0 Å². The molecule has 0 radical (unpaired) electrons. The van der Waals surface area contributed by atoms with Crippen molar-refractivity contribution >= 4 is 28.4 Å². The van der Waals surface area contributed by atoms with Crippen LogP contribution in [-0.2, 0) is 4.74 Å². The number of halogens is 2. The van der Waals surface area contributed by atoms with Gasteiger partial charge in [-0.05, 0) is 6.08 Å². The van der Waals surface area contributed by atoms with Crippen LogP contribution in [0.1, 0.15) is 0 Å².